The van der Waals surface area contributed by atoms with Gasteiger partial charge < -0.3 is 9.84 Å². The van der Waals surface area contributed by atoms with Crippen molar-refractivity contribution in [2.75, 3.05) is 0 Å². The minimum Gasteiger partial charge on any atom is -0.406 e. The Morgan fingerprint density at radius 2 is 1.67 bits per heavy atom. The lowest BCUT2D eigenvalue weighted by Crippen LogP contribution is -2.17. The van der Waals surface area contributed by atoms with Gasteiger partial charge >= 0.3 is 6.36 Å². The molecule has 112 valence electrons. The number of aliphatic hydroxyl groups excluding tert-OH is 1. The number of hydrogen-bond donors (Lipinski definition) is 1. The maximum atomic E-state index is 13.0. The minimum atomic E-state index is -4.76. The van der Waals surface area contributed by atoms with E-state index in [-0.39, 0.29) is 5.75 Å². The molecule has 2 aromatic carbocycles. The molecular formula is C15H12F4O2. The molecule has 0 aliphatic heterocycles. The van der Waals surface area contributed by atoms with Crippen LogP contribution in [0.5, 0.6) is 5.75 Å². The number of hydrogen-bond acceptors (Lipinski definition) is 2. The zero-order valence-corrected chi connectivity index (χ0v) is 11.0. The number of halogens is 4. The van der Waals surface area contributed by atoms with Gasteiger partial charge in [0.05, 0.1) is 0 Å². The summed E-state index contributed by atoms with van der Waals surface area (Å²) in [7, 11) is 0. The van der Waals surface area contributed by atoms with Crippen LogP contribution < -0.4 is 4.74 Å². The van der Waals surface area contributed by atoms with Crippen molar-refractivity contribution in [3.63, 3.8) is 0 Å². The Hall–Kier alpha value is -2.08. The summed E-state index contributed by atoms with van der Waals surface area (Å²) in [6, 6.07) is 8.82. The summed E-state index contributed by atoms with van der Waals surface area (Å²) in [5.74, 6) is -0.786. The van der Waals surface area contributed by atoms with E-state index in [1.54, 1.807) is 6.92 Å². The Morgan fingerprint density at radius 3 is 2.19 bits per heavy atom. The van der Waals surface area contributed by atoms with E-state index < -0.39 is 18.3 Å². The Balaban J connectivity index is 2.22. The summed E-state index contributed by atoms with van der Waals surface area (Å²) in [5.41, 5.74) is 1.43. The van der Waals surface area contributed by atoms with Crippen LogP contribution in [0.3, 0.4) is 0 Å². The Kier molecular flexibility index (Phi) is 4.18. The van der Waals surface area contributed by atoms with Crippen LogP contribution >= 0.6 is 0 Å². The van der Waals surface area contributed by atoms with Crippen molar-refractivity contribution in [2.24, 2.45) is 0 Å². The fourth-order valence-corrected chi connectivity index (χ4v) is 1.98. The molecule has 0 amide bonds. The summed E-state index contributed by atoms with van der Waals surface area (Å²) in [5, 5.41) is 10.2. The minimum absolute atomic E-state index is 0.366. The van der Waals surface area contributed by atoms with Crippen molar-refractivity contribution in [2.45, 2.75) is 19.4 Å². The molecule has 1 unspecified atom stereocenters. The number of alkyl halides is 3. The van der Waals surface area contributed by atoms with Crippen LogP contribution in [-0.2, 0) is 0 Å². The maximum Gasteiger partial charge on any atom is 0.573 e. The topological polar surface area (TPSA) is 29.5 Å². The van der Waals surface area contributed by atoms with Crippen molar-refractivity contribution < 1.29 is 27.4 Å². The summed E-state index contributed by atoms with van der Waals surface area (Å²) in [6.07, 6.45) is -5.81. The average molecular weight is 300 g/mol. The van der Waals surface area contributed by atoms with Crippen LogP contribution in [0.25, 0.3) is 0 Å². The van der Waals surface area contributed by atoms with Gasteiger partial charge in [0, 0.05) is 0 Å². The largest absolute Gasteiger partial charge is 0.573 e. The van der Waals surface area contributed by atoms with E-state index in [2.05, 4.69) is 4.74 Å². The third kappa shape index (κ3) is 3.95. The van der Waals surface area contributed by atoms with Crippen LogP contribution in [0.1, 0.15) is 22.8 Å². The predicted molar refractivity (Wildman–Crippen MR) is 68.3 cm³/mol. The lowest BCUT2D eigenvalue weighted by molar-refractivity contribution is -0.274. The first kappa shape index (κ1) is 15.3. The van der Waals surface area contributed by atoms with Crippen LogP contribution in [0.15, 0.2) is 42.5 Å². The molecule has 0 aliphatic carbocycles. The molecule has 2 nitrogen and oxygen atoms in total. The fourth-order valence-electron chi connectivity index (χ4n) is 1.98. The van der Waals surface area contributed by atoms with Gasteiger partial charge in [0.15, 0.2) is 0 Å². The molecule has 2 rings (SSSR count). The molecule has 0 saturated heterocycles. The standard InChI is InChI=1S/C15H12F4O2/c1-9-8-11(16)4-7-13(9)14(20)10-2-5-12(6-3-10)21-15(17,18)19/h2-8,14,20H,1H3. The van der Waals surface area contributed by atoms with Crippen molar-refractivity contribution >= 4 is 0 Å². The molecule has 0 heterocycles. The SMILES string of the molecule is Cc1cc(F)ccc1C(O)c1ccc(OC(F)(F)F)cc1. The Bertz CT molecular complexity index is 621. The molecule has 0 spiro atoms. The summed E-state index contributed by atoms with van der Waals surface area (Å²) >= 11 is 0. The third-order valence-electron chi connectivity index (χ3n) is 2.96. The van der Waals surface area contributed by atoms with E-state index >= 15 is 0 Å². The van der Waals surface area contributed by atoms with Crippen LogP contribution in [0.2, 0.25) is 0 Å². The molecule has 1 N–H and O–H groups in total. The normalized spacial score (nSPS) is 13.0. The molecule has 0 aliphatic rings. The van der Waals surface area contributed by atoms with Gasteiger partial charge in [-0.1, -0.05) is 18.2 Å². The molecule has 0 radical (unpaired) electrons. The molecule has 6 heteroatoms. The van der Waals surface area contributed by atoms with Gasteiger partial charge in [-0.15, -0.1) is 13.2 Å². The summed E-state index contributed by atoms with van der Waals surface area (Å²) in [4.78, 5) is 0. The number of aliphatic hydroxyl groups is 1. The van der Waals surface area contributed by atoms with Crippen LogP contribution in [0.4, 0.5) is 17.6 Å². The molecule has 2 aromatic rings. The van der Waals surface area contributed by atoms with E-state index in [0.717, 1.165) is 12.1 Å². The van der Waals surface area contributed by atoms with Gasteiger partial charge in [0.1, 0.15) is 17.7 Å². The highest BCUT2D eigenvalue weighted by Crippen LogP contribution is 2.28. The quantitative estimate of drug-likeness (QED) is 0.864. The first-order chi connectivity index (χ1) is 9.76. The summed E-state index contributed by atoms with van der Waals surface area (Å²) < 4.78 is 52.9. The van der Waals surface area contributed by atoms with Crippen molar-refractivity contribution in [3.8, 4) is 5.75 Å². The average Bonchev–Trinajstić information content (AvgIpc) is 2.37. The molecule has 0 aromatic heterocycles. The van der Waals surface area contributed by atoms with Crippen molar-refractivity contribution in [1.29, 1.82) is 0 Å². The maximum absolute atomic E-state index is 13.0. The van der Waals surface area contributed by atoms with Gasteiger partial charge in [-0.25, -0.2) is 4.39 Å². The van der Waals surface area contributed by atoms with E-state index in [0.29, 0.717) is 16.7 Å². The highest BCUT2D eigenvalue weighted by atomic mass is 19.4. The lowest BCUT2D eigenvalue weighted by Gasteiger charge is -2.15. The Morgan fingerprint density at radius 1 is 1.05 bits per heavy atom. The number of ether oxygens (including phenoxy) is 1. The van der Waals surface area contributed by atoms with E-state index in [1.807, 2.05) is 0 Å². The highest BCUT2D eigenvalue weighted by Gasteiger charge is 2.31. The summed E-state index contributed by atoms with van der Waals surface area (Å²) in [6.45, 7) is 1.64. The zero-order valence-electron chi connectivity index (χ0n) is 11.0. The van der Waals surface area contributed by atoms with Gasteiger partial charge in [-0.05, 0) is 47.9 Å². The van der Waals surface area contributed by atoms with E-state index in [1.165, 1.54) is 30.3 Å². The fraction of sp³-hybridized carbons (Fsp3) is 0.200. The molecule has 0 saturated carbocycles. The first-order valence-electron chi connectivity index (χ1n) is 6.06. The molecule has 0 fully saturated rings. The highest BCUT2D eigenvalue weighted by molar-refractivity contribution is 5.37. The van der Waals surface area contributed by atoms with Gasteiger partial charge in [0.2, 0.25) is 0 Å². The van der Waals surface area contributed by atoms with Gasteiger partial charge in [0.25, 0.3) is 0 Å². The number of benzene rings is 2. The lowest BCUT2D eigenvalue weighted by atomic mass is 9.97. The van der Waals surface area contributed by atoms with E-state index in [4.69, 9.17) is 0 Å². The second kappa shape index (κ2) is 5.73. The number of aryl methyl sites for hydroxylation is 1. The second-order valence-corrected chi connectivity index (χ2v) is 4.52. The van der Waals surface area contributed by atoms with Crippen LogP contribution in [-0.4, -0.2) is 11.5 Å². The first-order valence-corrected chi connectivity index (χ1v) is 6.06. The zero-order chi connectivity index (χ0) is 15.6. The molecule has 1 atom stereocenters. The van der Waals surface area contributed by atoms with Crippen molar-refractivity contribution in [1.82, 2.24) is 0 Å². The van der Waals surface area contributed by atoms with Crippen LogP contribution in [0, 0.1) is 12.7 Å². The second-order valence-electron chi connectivity index (χ2n) is 4.52. The van der Waals surface area contributed by atoms with Gasteiger partial charge in [-0.3, -0.25) is 0 Å². The Labute approximate surface area is 118 Å². The molecular weight excluding hydrogens is 288 g/mol. The smallest absolute Gasteiger partial charge is 0.406 e. The predicted octanol–water partition coefficient (Wildman–Crippen LogP) is 4.11. The molecule has 21 heavy (non-hydrogen) atoms. The number of rotatable bonds is 3. The van der Waals surface area contributed by atoms with Gasteiger partial charge in [-0.2, -0.15) is 0 Å². The third-order valence-corrected chi connectivity index (χ3v) is 2.96. The monoisotopic (exact) mass is 300 g/mol. The molecule has 0 bridgehead atoms. The van der Waals surface area contributed by atoms with Crippen molar-refractivity contribution in [3.05, 3.63) is 65.0 Å². The van der Waals surface area contributed by atoms with E-state index in [9.17, 15) is 22.7 Å².